The Morgan fingerprint density at radius 3 is 1.42 bits per heavy atom. The third-order valence-electron chi connectivity index (χ3n) is 6.50. The third kappa shape index (κ3) is 8.28. The summed E-state index contributed by atoms with van der Waals surface area (Å²) in [4.78, 5) is 21.4. The maximum absolute atomic E-state index is 10.9. The molecule has 6 rings (SSSR count). The second-order valence-corrected chi connectivity index (χ2v) is 9.40. The van der Waals surface area contributed by atoms with Gasteiger partial charge in [0, 0.05) is 0 Å². The van der Waals surface area contributed by atoms with Gasteiger partial charge in [0.2, 0.25) is 0 Å². The first-order valence-electron chi connectivity index (χ1n) is 13.5. The summed E-state index contributed by atoms with van der Waals surface area (Å²) in [6, 6.07) is 46.6. The molecule has 6 aromatic carbocycles. The SMILES string of the molecule is O=Cc1c(O)cccc1-c1ccccc1.O=Cc1ccc(-c2ccccc2)cc1O.Oc1cccc(-c2ccccc2)c1. The lowest BCUT2D eigenvalue weighted by Crippen LogP contribution is -1.87. The summed E-state index contributed by atoms with van der Waals surface area (Å²) >= 11 is 0. The predicted molar refractivity (Wildman–Crippen MR) is 171 cm³/mol. The molecule has 0 aromatic heterocycles. The van der Waals surface area contributed by atoms with Crippen LogP contribution in [0.4, 0.5) is 0 Å². The van der Waals surface area contributed by atoms with E-state index >= 15 is 0 Å². The minimum absolute atomic E-state index is 0.0198. The van der Waals surface area contributed by atoms with E-state index in [1.807, 2.05) is 115 Å². The monoisotopic (exact) mass is 566 g/mol. The van der Waals surface area contributed by atoms with E-state index in [1.54, 1.807) is 30.3 Å². The molecule has 0 amide bonds. The number of benzene rings is 6. The van der Waals surface area contributed by atoms with E-state index in [0.29, 0.717) is 29.4 Å². The Morgan fingerprint density at radius 1 is 0.395 bits per heavy atom. The molecule has 0 radical (unpaired) electrons. The zero-order valence-corrected chi connectivity index (χ0v) is 23.2. The van der Waals surface area contributed by atoms with Gasteiger partial charge < -0.3 is 15.3 Å². The first kappa shape index (κ1) is 30.0. The fraction of sp³-hybridized carbons (Fsp3) is 0. The zero-order chi connectivity index (χ0) is 30.4. The van der Waals surface area contributed by atoms with Crippen molar-refractivity contribution in [1.82, 2.24) is 0 Å². The summed E-state index contributed by atoms with van der Waals surface area (Å²) in [6.07, 6.45) is 1.32. The number of phenolic OH excluding ortho intramolecular Hbond substituents is 3. The standard InChI is InChI=1S/2C13H10O2.C12H10O/c14-9-12-11(7-4-8-13(12)15)10-5-2-1-3-6-10;14-9-12-7-6-11(8-13(12)15)10-4-2-1-3-5-10;13-12-8-4-7-11(9-12)10-5-2-1-3-6-10/h2*1-9,15H;1-9,13H. The molecule has 0 atom stereocenters. The molecular formula is C38H30O5. The molecule has 6 aromatic rings. The summed E-state index contributed by atoms with van der Waals surface area (Å²) in [5.74, 6) is 0.346. The number of carbonyl (C=O) groups is 2. The second-order valence-electron chi connectivity index (χ2n) is 9.40. The van der Waals surface area contributed by atoms with Crippen LogP contribution in [0.3, 0.4) is 0 Å². The average molecular weight is 567 g/mol. The quantitative estimate of drug-likeness (QED) is 0.181. The minimum atomic E-state index is 0.0198. The first-order valence-corrected chi connectivity index (χ1v) is 13.5. The molecule has 43 heavy (non-hydrogen) atoms. The topological polar surface area (TPSA) is 94.8 Å². The van der Waals surface area contributed by atoms with Crippen LogP contribution in [-0.4, -0.2) is 27.9 Å². The molecule has 0 heterocycles. The number of hydrogen-bond donors (Lipinski definition) is 3. The van der Waals surface area contributed by atoms with Crippen LogP contribution >= 0.6 is 0 Å². The highest BCUT2D eigenvalue weighted by Gasteiger charge is 2.07. The zero-order valence-electron chi connectivity index (χ0n) is 23.2. The van der Waals surface area contributed by atoms with Crippen LogP contribution < -0.4 is 0 Å². The van der Waals surface area contributed by atoms with E-state index in [2.05, 4.69) is 0 Å². The van der Waals surface area contributed by atoms with E-state index in [-0.39, 0.29) is 11.5 Å². The fourth-order valence-electron chi connectivity index (χ4n) is 4.32. The first-order chi connectivity index (χ1) is 21.0. The van der Waals surface area contributed by atoms with Crippen molar-refractivity contribution in [1.29, 1.82) is 0 Å². The molecule has 0 unspecified atom stereocenters. The highest BCUT2D eigenvalue weighted by atomic mass is 16.3. The Kier molecular flexibility index (Phi) is 10.6. The highest BCUT2D eigenvalue weighted by molar-refractivity contribution is 5.90. The molecule has 5 heteroatoms. The molecule has 212 valence electrons. The van der Waals surface area contributed by atoms with Gasteiger partial charge in [0.1, 0.15) is 17.2 Å². The fourth-order valence-corrected chi connectivity index (χ4v) is 4.32. The van der Waals surface area contributed by atoms with E-state index in [1.165, 1.54) is 6.07 Å². The van der Waals surface area contributed by atoms with Crippen molar-refractivity contribution in [2.75, 3.05) is 0 Å². The molecule has 0 spiro atoms. The van der Waals surface area contributed by atoms with Crippen LogP contribution in [0.2, 0.25) is 0 Å². The molecule has 0 fully saturated rings. The summed E-state index contributed by atoms with van der Waals surface area (Å²) in [6.45, 7) is 0. The smallest absolute Gasteiger partial charge is 0.154 e. The Balaban J connectivity index is 0.000000148. The molecular weight excluding hydrogens is 536 g/mol. The van der Waals surface area contributed by atoms with Crippen molar-refractivity contribution < 1.29 is 24.9 Å². The van der Waals surface area contributed by atoms with Crippen molar-refractivity contribution in [3.63, 3.8) is 0 Å². The number of carbonyl (C=O) groups excluding carboxylic acids is 2. The molecule has 0 saturated heterocycles. The summed E-state index contributed by atoms with van der Waals surface area (Å²) in [5, 5.41) is 28.3. The Hall–Kier alpha value is -5.94. The molecule has 3 N–H and O–H groups in total. The molecule has 5 nitrogen and oxygen atoms in total. The Bertz CT molecular complexity index is 1770. The summed E-state index contributed by atoms with van der Waals surface area (Å²) in [5.41, 5.74) is 6.42. The average Bonchev–Trinajstić information content (AvgIpc) is 3.06. The molecule has 0 aliphatic heterocycles. The number of aromatic hydroxyl groups is 3. The van der Waals surface area contributed by atoms with Crippen LogP contribution in [-0.2, 0) is 0 Å². The van der Waals surface area contributed by atoms with Crippen molar-refractivity contribution >= 4 is 12.6 Å². The summed E-state index contributed by atoms with van der Waals surface area (Å²) < 4.78 is 0. The normalized spacial score (nSPS) is 9.86. The van der Waals surface area contributed by atoms with Crippen molar-refractivity contribution in [3.8, 4) is 50.6 Å². The lowest BCUT2D eigenvalue weighted by Gasteiger charge is -2.05. The van der Waals surface area contributed by atoms with E-state index in [9.17, 15) is 24.9 Å². The van der Waals surface area contributed by atoms with Gasteiger partial charge in [0.25, 0.3) is 0 Å². The Labute approximate surface area is 250 Å². The van der Waals surface area contributed by atoms with E-state index < -0.39 is 0 Å². The van der Waals surface area contributed by atoms with Gasteiger partial charge in [0.15, 0.2) is 12.6 Å². The van der Waals surface area contributed by atoms with Gasteiger partial charge in [-0.25, -0.2) is 0 Å². The van der Waals surface area contributed by atoms with Crippen molar-refractivity contribution in [2.45, 2.75) is 0 Å². The number of rotatable bonds is 5. The molecule has 0 saturated carbocycles. The van der Waals surface area contributed by atoms with E-state index in [0.717, 1.165) is 33.4 Å². The van der Waals surface area contributed by atoms with Crippen molar-refractivity contribution in [2.24, 2.45) is 0 Å². The summed E-state index contributed by atoms with van der Waals surface area (Å²) in [7, 11) is 0. The van der Waals surface area contributed by atoms with Gasteiger partial charge in [-0.2, -0.15) is 0 Å². The minimum Gasteiger partial charge on any atom is -0.508 e. The van der Waals surface area contributed by atoms with Crippen LogP contribution in [0, 0.1) is 0 Å². The third-order valence-corrected chi connectivity index (χ3v) is 6.50. The van der Waals surface area contributed by atoms with Crippen LogP contribution in [0.15, 0.2) is 152 Å². The van der Waals surface area contributed by atoms with Crippen LogP contribution in [0.5, 0.6) is 17.2 Å². The van der Waals surface area contributed by atoms with Gasteiger partial charge >= 0.3 is 0 Å². The molecule has 0 aliphatic carbocycles. The number of aldehydes is 2. The lowest BCUT2D eigenvalue weighted by atomic mass is 10.00. The van der Waals surface area contributed by atoms with E-state index in [4.69, 9.17) is 0 Å². The maximum Gasteiger partial charge on any atom is 0.154 e. The largest absolute Gasteiger partial charge is 0.508 e. The highest BCUT2D eigenvalue weighted by Crippen LogP contribution is 2.28. The number of hydrogen-bond acceptors (Lipinski definition) is 5. The van der Waals surface area contributed by atoms with Crippen molar-refractivity contribution in [3.05, 3.63) is 163 Å². The van der Waals surface area contributed by atoms with Gasteiger partial charge in [0.05, 0.1) is 11.1 Å². The van der Waals surface area contributed by atoms with Crippen LogP contribution in [0.1, 0.15) is 20.7 Å². The second kappa shape index (κ2) is 15.2. The molecule has 0 bridgehead atoms. The maximum atomic E-state index is 10.9. The molecule has 0 aliphatic rings. The lowest BCUT2D eigenvalue weighted by molar-refractivity contribution is 0.111. The predicted octanol–water partition coefficient (Wildman–Crippen LogP) is 8.80. The van der Waals surface area contributed by atoms with Crippen LogP contribution in [0.25, 0.3) is 33.4 Å². The van der Waals surface area contributed by atoms with Gasteiger partial charge in [-0.1, -0.05) is 121 Å². The number of phenols is 3. The van der Waals surface area contributed by atoms with Gasteiger partial charge in [-0.3, -0.25) is 9.59 Å². The Morgan fingerprint density at radius 2 is 0.907 bits per heavy atom. The van der Waals surface area contributed by atoms with Gasteiger partial charge in [-0.05, 0) is 63.7 Å². The van der Waals surface area contributed by atoms with Gasteiger partial charge in [-0.15, -0.1) is 0 Å².